The van der Waals surface area contributed by atoms with Crippen molar-refractivity contribution in [1.82, 2.24) is 10.2 Å². The van der Waals surface area contributed by atoms with Crippen LogP contribution < -0.4 is 5.32 Å². The molecule has 106 valence electrons. The molecule has 0 aromatic rings. The Morgan fingerprint density at radius 2 is 2.00 bits per heavy atom. The minimum absolute atomic E-state index is 0.00741. The topological polar surface area (TPSA) is 66.5 Å². The summed E-state index contributed by atoms with van der Waals surface area (Å²) >= 11 is 0. The highest BCUT2D eigenvalue weighted by Crippen LogP contribution is 2.27. The average Bonchev–Trinajstić information content (AvgIpc) is 2.50. The molecule has 1 heterocycles. The van der Waals surface area contributed by atoms with Gasteiger partial charge in [0.1, 0.15) is 9.84 Å². The maximum absolute atomic E-state index is 12.4. The summed E-state index contributed by atoms with van der Waals surface area (Å²) in [5.74, 6) is 0.0180. The van der Waals surface area contributed by atoms with Crippen LogP contribution in [-0.2, 0) is 14.6 Å². The van der Waals surface area contributed by atoms with Gasteiger partial charge in [-0.3, -0.25) is 10.1 Å². The molecule has 3 atom stereocenters. The lowest BCUT2D eigenvalue weighted by molar-refractivity contribution is -0.134. The summed E-state index contributed by atoms with van der Waals surface area (Å²) in [5, 5.41) is 3.31. The molecule has 1 N–H and O–H groups in total. The van der Waals surface area contributed by atoms with E-state index >= 15 is 0 Å². The zero-order chi connectivity index (χ0) is 14.1. The fourth-order valence-electron chi connectivity index (χ4n) is 2.50. The molecule has 0 aromatic carbocycles. The number of amides is 1. The molecule has 0 radical (unpaired) electrons. The van der Waals surface area contributed by atoms with Crippen molar-refractivity contribution in [3.05, 3.63) is 0 Å². The van der Waals surface area contributed by atoms with Gasteiger partial charge in [0.05, 0.1) is 17.5 Å². The van der Waals surface area contributed by atoms with Crippen molar-refractivity contribution in [1.29, 1.82) is 0 Å². The van der Waals surface area contributed by atoms with E-state index in [0.29, 0.717) is 6.42 Å². The molecule has 3 unspecified atom stereocenters. The monoisotopic (exact) mass is 276 g/mol. The third-order valence-electron chi connectivity index (χ3n) is 3.64. The Hall–Kier alpha value is -0.620. The van der Waals surface area contributed by atoms with Gasteiger partial charge in [-0.05, 0) is 26.7 Å². The predicted molar refractivity (Wildman–Crippen MR) is 71.9 cm³/mol. The highest BCUT2D eigenvalue weighted by atomic mass is 32.2. The lowest BCUT2D eigenvalue weighted by atomic mass is 9.99. The maximum atomic E-state index is 12.4. The molecule has 0 spiro atoms. The lowest BCUT2D eigenvalue weighted by Crippen LogP contribution is -2.46. The van der Waals surface area contributed by atoms with Gasteiger partial charge in [-0.1, -0.05) is 13.8 Å². The number of nitrogens with one attached hydrogen (secondary N) is 1. The summed E-state index contributed by atoms with van der Waals surface area (Å²) in [7, 11) is -3.08. The third-order valence-corrected chi connectivity index (χ3v) is 4.73. The van der Waals surface area contributed by atoms with Crippen molar-refractivity contribution in [2.24, 2.45) is 0 Å². The van der Waals surface area contributed by atoms with Crippen molar-refractivity contribution in [2.45, 2.75) is 58.3 Å². The molecule has 1 amide bonds. The molecule has 18 heavy (non-hydrogen) atoms. The number of hydrogen-bond donors (Lipinski definition) is 1. The minimum atomic E-state index is -3.08. The summed E-state index contributed by atoms with van der Waals surface area (Å²) in [5.41, 5.74) is -0.563. The van der Waals surface area contributed by atoms with Crippen molar-refractivity contribution in [3.63, 3.8) is 0 Å². The summed E-state index contributed by atoms with van der Waals surface area (Å²) in [6.07, 6.45) is 2.61. The van der Waals surface area contributed by atoms with E-state index in [4.69, 9.17) is 0 Å². The molecule has 1 fully saturated rings. The van der Waals surface area contributed by atoms with E-state index in [0.717, 1.165) is 6.42 Å². The van der Waals surface area contributed by atoms with Crippen molar-refractivity contribution >= 4 is 15.7 Å². The van der Waals surface area contributed by atoms with Crippen LogP contribution in [0.5, 0.6) is 0 Å². The van der Waals surface area contributed by atoms with E-state index in [-0.39, 0.29) is 23.9 Å². The minimum Gasteiger partial charge on any atom is -0.322 e. The first-order valence-electron chi connectivity index (χ1n) is 6.42. The molecule has 1 saturated heterocycles. The summed E-state index contributed by atoms with van der Waals surface area (Å²) in [6, 6.07) is -0.293. The van der Waals surface area contributed by atoms with E-state index < -0.39 is 15.4 Å². The summed E-state index contributed by atoms with van der Waals surface area (Å²) < 4.78 is 22.7. The number of carbonyl (C=O) groups is 1. The fourth-order valence-corrected chi connectivity index (χ4v) is 3.54. The molecule has 1 aliphatic rings. The molecule has 0 saturated carbocycles. The van der Waals surface area contributed by atoms with Gasteiger partial charge in [0, 0.05) is 12.3 Å². The quantitative estimate of drug-likeness (QED) is 0.805. The van der Waals surface area contributed by atoms with Gasteiger partial charge >= 0.3 is 0 Å². The number of hydrogen-bond acceptors (Lipinski definition) is 4. The average molecular weight is 276 g/mol. The highest BCUT2D eigenvalue weighted by Gasteiger charge is 2.47. The first-order valence-corrected chi connectivity index (χ1v) is 8.49. The van der Waals surface area contributed by atoms with Gasteiger partial charge < -0.3 is 4.90 Å². The maximum Gasteiger partial charge on any atom is 0.244 e. The molecule has 0 aliphatic carbocycles. The van der Waals surface area contributed by atoms with Gasteiger partial charge in [-0.2, -0.15) is 0 Å². The smallest absolute Gasteiger partial charge is 0.244 e. The van der Waals surface area contributed by atoms with Crippen LogP contribution in [0.2, 0.25) is 0 Å². The van der Waals surface area contributed by atoms with E-state index in [9.17, 15) is 13.2 Å². The Bertz CT molecular complexity index is 421. The number of nitrogens with zero attached hydrogens (tertiary/aromatic N) is 1. The number of carbonyl (C=O) groups excluding carboxylic acids is 1. The van der Waals surface area contributed by atoms with Gasteiger partial charge in [0.25, 0.3) is 0 Å². The van der Waals surface area contributed by atoms with Crippen LogP contribution in [0.15, 0.2) is 0 Å². The van der Waals surface area contributed by atoms with E-state index in [1.54, 1.807) is 11.8 Å². The van der Waals surface area contributed by atoms with E-state index in [1.807, 2.05) is 20.8 Å². The van der Waals surface area contributed by atoms with Crippen LogP contribution in [-0.4, -0.2) is 49.0 Å². The molecular weight excluding hydrogens is 252 g/mol. The molecule has 1 aliphatic heterocycles. The first kappa shape index (κ1) is 15.4. The van der Waals surface area contributed by atoms with Crippen molar-refractivity contribution in [3.8, 4) is 0 Å². The zero-order valence-electron chi connectivity index (χ0n) is 11.9. The van der Waals surface area contributed by atoms with Gasteiger partial charge in [-0.15, -0.1) is 0 Å². The first-order chi connectivity index (χ1) is 8.14. The molecule has 0 bridgehead atoms. The second kappa shape index (κ2) is 5.17. The van der Waals surface area contributed by atoms with Crippen LogP contribution in [0.1, 0.15) is 40.5 Å². The van der Waals surface area contributed by atoms with Gasteiger partial charge in [-0.25, -0.2) is 8.42 Å². The Morgan fingerprint density at radius 3 is 2.39 bits per heavy atom. The van der Waals surface area contributed by atoms with Crippen molar-refractivity contribution < 1.29 is 13.2 Å². The summed E-state index contributed by atoms with van der Waals surface area (Å²) in [6.45, 7) is 7.63. The second-order valence-electron chi connectivity index (χ2n) is 5.41. The zero-order valence-corrected chi connectivity index (χ0v) is 12.7. The number of sulfone groups is 1. The SMILES string of the molecule is CCC1NC(C)(CC)C(=O)N1C(C)CS(C)(=O)=O. The Balaban J connectivity index is 2.96. The molecule has 5 nitrogen and oxygen atoms in total. The van der Waals surface area contributed by atoms with E-state index in [2.05, 4.69) is 5.32 Å². The van der Waals surface area contributed by atoms with Crippen LogP contribution in [0, 0.1) is 0 Å². The van der Waals surface area contributed by atoms with Gasteiger partial charge in [0.2, 0.25) is 5.91 Å². The van der Waals surface area contributed by atoms with Crippen LogP contribution in [0.4, 0.5) is 0 Å². The Morgan fingerprint density at radius 1 is 1.44 bits per heavy atom. The number of rotatable bonds is 5. The molecule has 6 heteroatoms. The van der Waals surface area contributed by atoms with Crippen LogP contribution >= 0.6 is 0 Å². The molecule has 0 aromatic heterocycles. The second-order valence-corrected chi connectivity index (χ2v) is 7.59. The normalized spacial score (nSPS) is 30.8. The van der Waals surface area contributed by atoms with E-state index in [1.165, 1.54) is 6.26 Å². The van der Waals surface area contributed by atoms with Crippen LogP contribution in [0.25, 0.3) is 0 Å². The molecule has 1 rings (SSSR count). The third kappa shape index (κ3) is 3.03. The summed E-state index contributed by atoms with van der Waals surface area (Å²) in [4.78, 5) is 14.1. The lowest BCUT2D eigenvalue weighted by Gasteiger charge is -2.29. The van der Waals surface area contributed by atoms with Crippen molar-refractivity contribution in [2.75, 3.05) is 12.0 Å². The Kier molecular flexibility index (Phi) is 4.43. The fraction of sp³-hybridized carbons (Fsp3) is 0.917. The standard InChI is InChI=1S/C12H24N2O3S/c1-6-10-13-12(4,7-2)11(15)14(10)9(3)8-18(5,16)17/h9-10,13H,6-8H2,1-5H3. The predicted octanol–water partition coefficient (Wildman–Crippen LogP) is 0.756. The van der Waals surface area contributed by atoms with Crippen LogP contribution in [0.3, 0.4) is 0 Å². The highest BCUT2D eigenvalue weighted by molar-refractivity contribution is 7.90. The largest absolute Gasteiger partial charge is 0.322 e. The molecular formula is C12H24N2O3S. The van der Waals surface area contributed by atoms with Gasteiger partial charge in [0.15, 0.2) is 0 Å². The Labute approximate surface area is 110 Å².